The van der Waals surface area contributed by atoms with Gasteiger partial charge >= 0.3 is 0 Å². The van der Waals surface area contributed by atoms with Crippen LogP contribution in [0.3, 0.4) is 0 Å². The number of nitrogens with zero attached hydrogens (tertiary/aromatic N) is 2. The monoisotopic (exact) mass is 338 g/mol. The second kappa shape index (κ2) is 9.62. The first kappa shape index (κ1) is 19.5. The van der Waals surface area contributed by atoms with E-state index in [-0.39, 0.29) is 5.54 Å². The van der Waals surface area contributed by atoms with E-state index in [9.17, 15) is 0 Å². The van der Waals surface area contributed by atoms with Crippen molar-refractivity contribution in [2.24, 2.45) is 10.9 Å². The number of hydrogen-bond donors (Lipinski definition) is 2. The fourth-order valence-corrected chi connectivity index (χ4v) is 3.88. The Balaban J connectivity index is 1.87. The molecule has 0 aromatic rings. The molecule has 2 saturated heterocycles. The van der Waals surface area contributed by atoms with Crippen molar-refractivity contribution in [3.05, 3.63) is 0 Å². The van der Waals surface area contributed by atoms with Crippen molar-refractivity contribution in [2.75, 3.05) is 39.9 Å². The molecule has 0 aromatic heterocycles. The van der Waals surface area contributed by atoms with E-state index in [1.165, 1.54) is 38.8 Å². The second-order valence-electron chi connectivity index (χ2n) is 7.97. The summed E-state index contributed by atoms with van der Waals surface area (Å²) in [6.07, 6.45) is 7.35. The van der Waals surface area contributed by atoms with Gasteiger partial charge in [0.15, 0.2) is 5.96 Å². The zero-order valence-electron chi connectivity index (χ0n) is 16.2. The Morgan fingerprint density at radius 2 is 1.79 bits per heavy atom. The fourth-order valence-electron chi connectivity index (χ4n) is 3.88. The highest BCUT2D eigenvalue weighted by Gasteiger charge is 2.39. The van der Waals surface area contributed by atoms with E-state index in [4.69, 9.17) is 4.74 Å². The van der Waals surface area contributed by atoms with Crippen LogP contribution in [0, 0.1) is 5.92 Å². The summed E-state index contributed by atoms with van der Waals surface area (Å²) in [6, 6.07) is 0.455. The Kier molecular flexibility index (Phi) is 7.82. The smallest absolute Gasteiger partial charge is 0.191 e. The lowest BCUT2D eigenvalue weighted by Crippen LogP contribution is -2.59. The van der Waals surface area contributed by atoms with E-state index in [1.807, 2.05) is 7.05 Å². The van der Waals surface area contributed by atoms with Gasteiger partial charge in [-0.05, 0) is 64.5 Å². The Labute approximate surface area is 148 Å². The van der Waals surface area contributed by atoms with Crippen LogP contribution in [-0.4, -0.2) is 62.3 Å². The Bertz CT molecular complexity index is 385. The van der Waals surface area contributed by atoms with Gasteiger partial charge in [0.1, 0.15) is 0 Å². The van der Waals surface area contributed by atoms with Crippen molar-refractivity contribution in [1.82, 2.24) is 15.5 Å². The maximum Gasteiger partial charge on any atom is 0.191 e. The van der Waals surface area contributed by atoms with Crippen LogP contribution in [-0.2, 0) is 4.74 Å². The molecule has 0 aliphatic carbocycles. The molecule has 2 aliphatic heterocycles. The van der Waals surface area contributed by atoms with Crippen LogP contribution in [0.5, 0.6) is 0 Å². The van der Waals surface area contributed by atoms with Crippen molar-refractivity contribution in [3.63, 3.8) is 0 Å². The van der Waals surface area contributed by atoms with Crippen molar-refractivity contribution in [3.8, 4) is 0 Å². The molecule has 1 unspecified atom stereocenters. The summed E-state index contributed by atoms with van der Waals surface area (Å²) >= 11 is 0. The van der Waals surface area contributed by atoms with Gasteiger partial charge in [-0.3, -0.25) is 9.89 Å². The number of guanidine groups is 1. The molecule has 0 radical (unpaired) electrons. The minimum absolute atomic E-state index is 0.244. The minimum atomic E-state index is 0.244. The Morgan fingerprint density at radius 1 is 1.12 bits per heavy atom. The van der Waals surface area contributed by atoms with Crippen molar-refractivity contribution in [2.45, 2.75) is 70.9 Å². The molecule has 2 fully saturated rings. The first-order chi connectivity index (χ1) is 11.6. The molecular formula is C19H38N4O. The van der Waals surface area contributed by atoms with Gasteiger partial charge in [0.25, 0.3) is 0 Å². The van der Waals surface area contributed by atoms with E-state index in [2.05, 4.69) is 41.3 Å². The van der Waals surface area contributed by atoms with Gasteiger partial charge < -0.3 is 15.4 Å². The van der Waals surface area contributed by atoms with Crippen molar-refractivity contribution >= 4 is 5.96 Å². The van der Waals surface area contributed by atoms with Gasteiger partial charge in [-0.2, -0.15) is 0 Å². The third-order valence-electron chi connectivity index (χ3n) is 5.57. The predicted octanol–water partition coefficient (Wildman–Crippen LogP) is 2.62. The largest absolute Gasteiger partial charge is 0.381 e. The van der Waals surface area contributed by atoms with Crippen LogP contribution in [0.15, 0.2) is 4.99 Å². The zero-order valence-corrected chi connectivity index (χ0v) is 16.2. The maximum atomic E-state index is 5.64. The van der Waals surface area contributed by atoms with Crippen LogP contribution in [0.2, 0.25) is 0 Å². The van der Waals surface area contributed by atoms with Crippen LogP contribution in [0.25, 0.3) is 0 Å². The average molecular weight is 339 g/mol. The lowest BCUT2D eigenvalue weighted by atomic mass is 9.88. The van der Waals surface area contributed by atoms with E-state index in [1.54, 1.807) is 0 Å². The molecule has 0 amide bonds. The summed E-state index contributed by atoms with van der Waals surface area (Å²) < 4.78 is 5.64. The normalized spacial score (nSPS) is 23.5. The van der Waals surface area contributed by atoms with E-state index in [0.29, 0.717) is 6.04 Å². The summed E-state index contributed by atoms with van der Waals surface area (Å²) in [5, 5.41) is 7.18. The molecule has 0 spiro atoms. The van der Waals surface area contributed by atoms with E-state index in [0.717, 1.165) is 44.5 Å². The van der Waals surface area contributed by atoms with Gasteiger partial charge in [-0.15, -0.1) is 0 Å². The first-order valence-corrected chi connectivity index (χ1v) is 9.86. The molecule has 0 saturated carbocycles. The van der Waals surface area contributed by atoms with Crippen LogP contribution < -0.4 is 10.6 Å². The van der Waals surface area contributed by atoms with Crippen molar-refractivity contribution in [1.29, 1.82) is 0 Å². The number of nitrogens with one attached hydrogen (secondary N) is 2. The number of hydrogen-bond acceptors (Lipinski definition) is 3. The SMILES string of the molecule is CN=C(NCC1(N2CCCC2)CCOCC1)NC(C)CCC(C)C. The number of rotatable bonds is 7. The highest BCUT2D eigenvalue weighted by atomic mass is 16.5. The van der Waals surface area contributed by atoms with Gasteiger partial charge in [0.05, 0.1) is 0 Å². The lowest BCUT2D eigenvalue weighted by molar-refractivity contribution is -0.0164. The topological polar surface area (TPSA) is 48.9 Å². The quantitative estimate of drug-likeness (QED) is 0.553. The van der Waals surface area contributed by atoms with E-state index >= 15 is 0 Å². The Morgan fingerprint density at radius 3 is 2.38 bits per heavy atom. The molecule has 0 aromatic carbocycles. The third-order valence-corrected chi connectivity index (χ3v) is 5.57. The van der Waals surface area contributed by atoms with Crippen LogP contribution >= 0.6 is 0 Å². The zero-order chi connectivity index (χ0) is 17.4. The molecule has 24 heavy (non-hydrogen) atoms. The highest BCUT2D eigenvalue weighted by Crippen LogP contribution is 2.30. The molecular weight excluding hydrogens is 300 g/mol. The maximum absolute atomic E-state index is 5.64. The fraction of sp³-hybridized carbons (Fsp3) is 0.947. The molecule has 140 valence electrons. The van der Waals surface area contributed by atoms with Crippen LogP contribution in [0.1, 0.15) is 59.3 Å². The molecule has 2 aliphatic rings. The predicted molar refractivity (Wildman–Crippen MR) is 102 cm³/mol. The van der Waals surface area contributed by atoms with Gasteiger partial charge in [-0.1, -0.05) is 13.8 Å². The molecule has 0 bridgehead atoms. The van der Waals surface area contributed by atoms with Gasteiger partial charge in [0.2, 0.25) is 0 Å². The summed E-state index contributed by atoms with van der Waals surface area (Å²) in [4.78, 5) is 7.13. The van der Waals surface area contributed by atoms with Crippen LogP contribution in [0.4, 0.5) is 0 Å². The first-order valence-electron chi connectivity index (χ1n) is 9.86. The summed E-state index contributed by atoms with van der Waals surface area (Å²) in [7, 11) is 1.87. The third kappa shape index (κ3) is 5.62. The molecule has 1 atom stereocenters. The number of ether oxygens (including phenoxy) is 1. The summed E-state index contributed by atoms with van der Waals surface area (Å²) in [5.41, 5.74) is 0.244. The molecule has 5 nitrogen and oxygen atoms in total. The average Bonchev–Trinajstić information content (AvgIpc) is 3.13. The van der Waals surface area contributed by atoms with Gasteiger partial charge in [0, 0.05) is 38.4 Å². The molecule has 2 rings (SSSR count). The standard InChI is InChI=1S/C19H38N4O/c1-16(2)7-8-17(3)22-18(20-4)21-15-19(9-13-24-14-10-19)23-11-5-6-12-23/h16-17H,5-15H2,1-4H3,(H2,20,21,22). The lowest BCUT2D eigenvalue weighted by Gasteiger charge is -2.45. The van der Waals surface area contributed by atoms with E-state index < -0.39 is 0 Å². The Hall–Kier alpha value is -0.810. The van der Waals surface area contributed by atoms with Crippen molar-refractivity contribution < 1.29 is 4.74 Å². The summed E-state index contributed by atoms with van der Waals surface area (Å²) in [5.74, 6) is 1.70. The molecule has 2 heterocycles. The minimum Gasteiger partial charge on any atom is -0.381 e. The number of likely N-dealkylation sites (tertiary alicyclic amines) is 1. The summed E-state index contributed by atoms with van der Waals surface area (Å²) in [6.45, 7) is 12.0. The molecule has 5 heteroatoms. The number of aliphatic imine (C=N–C) groups is 1. The molecule has 2 N–H and O–H groups in total. The second-order valence-corrected chi connectivity index (χ2v) is 7.97. The van der Waals surface area contributed by atoms with Gasteiger partial charge in [-0.25, -0.2) is 0 Å². The highest BCUT2D eigenvalue weighted by molar-refractivity contribution is 5.80.